The molecule has 0 saturated carbocycles. The third kappa shape index (κ3) is 2.97. The van der Waals surface area contributed by atoms with Gasteiger partial charge in [0.25, 0.3) is 0 Å². The summed E-state index contributed by atoms with van der Waals surface area (Å²) in [6, 6.07) is 3.88. The quantitative estimate of drug-likeness (QED) is 0.894. The van der Waals surface area contributed by atoms with Crippen molar-refractivity contribution in [2.24, 2.45) is 5.73 Å². The normalized spacial score (nSPS) is 17.1. The molecule has 2 unspecified atom stereocenters. The van der Waals surface area contributed by atoms with E-state index >= 15 is 0 Å². The van der Waals surface area contributed by atoms with E-state index in [0.29, 0.717) is 6.61 Å². The molecule has 0 bridgehead atoms. The third-order valence-electron chi connectivity index (χ3n) is 3.31. The van der Waals surface area contributed by atoms with Crippen molar-refractivity contribution in [3.8, 4) is 5.75 Å². The van der Waals surface area contributed by atoms with Crippen molar-refractivity contribution in [3.05, 3.63) is 28.3 Å². The van der Waals surface area contributed by atoms with Crippen molar-refractivity contribution in [1.82, 2.24) is 0 Å². The Morgan fingerprint density at radius 3 is 3.00 bits per heavy atom. The first-order valence-electron chi connectivity index (χ1n) is 6.43. The highest BCUT2D eigenvalue weighted by atomic mass is 35.5. The van der Waals surface area contributed by atoms with E-state index in [-0.39, 0.29) is 12.1 Å². The van der Waals surface area contributed by atoms with Crippen LogP contribution in [0.5, 0.6) is 5.75 Å². The maximum Gasteiger partial charge on any atom is 0.125 e. The van der Waals surface area contributed by atoms with E-state index in [4.69, 9.17) is 26.8 Å². The predicted octanol–water partition coefficient (Wildman–Crippen LogP) is 2.57. The summed E-state index contributed by atoms with van der Waals surface area (Å²) in [5, 5.41) is 0.755. The summed E-state index contributed by atoms with van der Waals surface area (Å²) in [6.07, 6.45) is 1.69. The van der Waals surface area contributed by atoms with E-state index in [2.05, 4.69) is 0 Å². The van der Waals surface area contributed by atoms with Crippen LogP contribution in [0.3, 0.4) is 0 Å². The van der Waals surface area contributed by atoms with Gasteiger partial charge >= 0.3 is 0 Å². The molecule has 0 radical (unpaired) electrons. The van der Waals surface area contributed by atoms with Gasteiger partial charge in [0.1, 0.15) is 5.75 Å². The molecule has 1 aromatic rings. The molecule has 0 spiro atoms. The Hall–Kier alpha value is -0.770. The molecule has 0 saturated heterocycles. The first kappa shape index (κ1) is 13.7. The van der Waals surface area contributed by atoms with Crippen LogP contribution in [-0.2, 0) is 17.6 Å². The van der Waals surface area contributed by atoms with Gasteiger partial charge in [0, 0.05) is 24.1 Å². The molecule has 18 heavy (non-hydrogen) atoms. The highest BCUT2D eigenvalue weighted by Crippen LogP contribution is 2.33. The van der Waals surface area contributed by atoms with Crippen LogP contribution in [-0.4, -0.2) is 25.4 Å². The van der Waals surface area contributed by atoms with Gasteiger partial charge in [0.05, 0.1) is 12.7 Å². The van der Waals surface area contributed by atoms with Gasteiger partial charge in [-0.15, -0.1) is 0 Å². The van der Waals surface area contributed by atoms with Crippen LogP contribution in [0, 0.1) is 0 Å². The molecule has 1 aliphatic heterocycles. The molecule has 1 aliphatic rings. The zero-order valence-electron chi connectivity index (χ0n) is 10.9. The maximum absolute atomic E-state index is 6.16. The highest BCUT2D eigenvalue weighted by Gasteiger charge is 2.21. The number of hydrogen-bond acceptors (Lipinski definition) is 3. The fourth-order valence-corrected chi connectivity index (χ4v) is 2.57. The van der Waals surface area contributed by atoms with Gasteiger partial charge in [-0.2, -0.15) is 0 Å². The van der Waals surface area contributed by atoms with Gasteiger partial charge < -0.3 is 15.2 Å². The standard InChI is InChI=1S/C14H20ClNO2/c1-3-17-9(2)13(16)8-11-7-12(15)6-10-4-5-18-14(10)11/h6-7,9,13H,3-5,8,16H2,1-2H3. The van der Waals surface area contributed by atoms with Crippen LogP contribution < -0.4 is 10.5 Å². The van der Waals surface area contributed by atoms with Crippen LogP contribution in [0.1, 0.15) is 25.0 Å². The second kappa shape index (κ2) is 5.91. The van der Waals surface area contributed by atoms with Gasteiger partial charge in [0.2, 0.25) is 0 Å². The lowest BCUT2D eigenvalue weighted by Gasteiger charge is -2.21. The Morgan fingerprint density at radius 1 is 1.50 bits per heavy atom. The fourth-order valence-electron chi connectivity index (χ4n) is 2.30. The molecule has 0 aromatic heterocycles. The molecular weight excluding hydrogens is 250 g/mol. The summed E-state index contributed by atoms with van der Waals surface area (Å²) >= 11 is 6.13. The monoisotopic (exact) mass is 269 g/mol. The van der Waals surface area contributed by atoms with Crippen LogP contribution in [0.25, 0.3) is 0 Å². The Labute approximate surface area is 113 Å². The highest BCUT2D eigenvalue weighted by molar-refractivity contribution is 6.30. The van der Waals surface area contributed by atoms with Gasteiger partial charge in [-0.05, 0) is 43.5 Å². The number of halogens is 1. The molecule has 0 amide bonds. The van der Waals surface area contributed by atoms with Crippen molar-refractivity contribution in [2.75, 3.05) is 13.2 Å². The summed E-state index contributed by atoms with van der Waals surface area (Å²) in [6.45, 7) is 5.39. The maximum atomic E-state index is 6.16. The van der Waals surface area contributed by atoms with E-state index in [0.717, 1.165) is 35.8 Å². The lowest BCUT2D eigenvalue weighted by molar-refractivity contribution is 0.0576. The lowest BCUT2D eigenvalue weighted by atomic mass is 9.99. The van der Waals surface area contributed by atoms with E-state index in [1.165, 1.54) is 5.56 Å². The van der Waals surface area contributed by atoms with Crippen molar-refractivity contribution < 1.29 is 9.47 Å². The molecule has 1 aromatic carbocycles. The van der Waals surface area contributed by atoms with E-state index in [1.807, 2.05) is 26.0 Å². The van der Waals surface area contributed by atoms with Gasteiger partial charge in [-0.25, -0.2) is 0 Å². The summed E-state index contributed by atoms with van der Waals surface area (Å²) in [7, 11) is 0. The average Bonchev–Trinajstić information content (AvgIpc) is 2.77. The van der Waals surface area contributed by atoms with Crippen LogP contribution in [0.15, 0.2) is 12.1 Å². The molecule has 4 heteroatoms. The van der Waals surface area contributed by atoms with Gasteiger partial charge in [-0.3, -0.25) is 0 Å². The Bertz CT molecular complexity index is 423. The molecular formula is C14H20ClNO2. The Balaban J connectivity index is 2.14. The number of rotatable bonds is 5. The number of ether oxygens (including phenoxy) is 2. The molecule has 1 heterocycles. The molecule has 100 valence electrons. The minimum absolute atomic E-state index is 0.0334. The predicted molar refractivity (Wildman–Crippen MR) is 73.4 cm³/mol. The summed E-state index contributed by atoms with van der Waals surface area (Å²) in [5.41, 5.74) is 8.44. The molecule has 2 N–H and O–H groups in total. The Morgan fingerprint density at radius 2 is 2.28 bits per heavy atom. The fraction of sp³-hybridized carbons (Fsp3) is 0.571. The number of nitrogens with two attached hydrogens (primary N) is 1. The first-order valence-corrected chi connectivity index (χ1v) is 6.81. The average molecular weight is 270 g/mol. The minimum atomic E-state index is -0.0447. The molecule has 2 atom stereocenters. The molecule has 3 nitrogen and oxygen atoms in total. The smallest absolute Gasteiger partial charge is 0.125 e. The number of benzene rings is 1. The zero-order valence-corrected chi connectivity index (χ0v) is 11.7. The lowest BCUT2D eigenvalue weighted by Crippen LogP contribution is -2.36. The SMILES string of the molecule is CCOC(C)C(N)Cc1cc(Cl)cc2c1OCC2. The third-order valence-corrected chi connectivity index (χ3v) is 3.53. The van der Waals surface area contributed by atoms with Crippen molar-refractivity contribution in [3.63, 3.8) is 0 Å². The van der Waals surface area contributed by atoms with Crippen LogP contribution in [0.2, 0.25) is 5.02 Å². The number of hydrogen-bond donors (Lipinski definition) is 1. The van der Waals surface area contributed by atoms with E-state index < -0.39 is 0 Å². The Kier molecular flexibility index (Phi) is 4.49. The summed E-state index contributed by atoms with van der Waals surface area (Å²) in [4.78, 5) is 0. The van der Waals surface area contributed by atoms with Crippen LogP contribution in [0.4, 0.5) is 0 Å². The van der Waals surface area contributed by atoms with Crippen molar-refractivity contribution in [1.29, 1.82) is 0 Å². The summed E-state index contributed by atoms with van der Waals surface area (Å²) < 4.78 is 11.2. The van der Waals surface area contributed by atoms with Crippen molar-refractivity contribution >= 4 is 11.6 Å². The molecule has 2 rings (SSSR count). The van der Waals surface area contributed by atoms with Gasteiger partial charge in [0.15, 0.2) is 0 Å². The van der Waals surface area contributed by atoms with Crippen LogP contribution >= 0.6 is 11.6 Å². The number of fused-ring (bicyclic) bond motifs is 1. The second-order valence-corrected chi connectivity index (χ2v) is 5.12. The summed E-state index contributed by atoms with van der Waals surface area (Å²) in [5.74, 6) is 0.971. The van der Waals surface area contributed by atoms with Crippen molar-refractivity contribution in [2.45, 2.75) is 38.8 Å². The minimum Gasteiger partial charge on any atom is -0.493 e. The van der Waals surface area contributed by atoms with Gasteiger partial charge in [-0.1, -0.05) is 11.6 Å². The topological polar surface area (TPSA) is 44.5 Å². The van der Waals surface area contributed by atoms with E-state index in [9.17, 15) is 0 Å². The largest absolute Gasteiger partial charge is 0.493 e. The molecule has 0 aliphatic carbocycles. The molecule has 0 fully saturated rings. The zero-order chi connectivity index (χ0) is 13.1. The first-order chi connectivity index (χ1) is 8.61. The van der Waals surface area contributed by atoms with E-state index in [1.54, 1.807) is 0 Å². The second-order valence-electron chi connectivity index (χ2n) is 4.68.